The van der Waals surface area contributed by atoms with E-state index in [-0.39, 0.29) is 17.1 Å². The molecule has 49 heavy (non-hydrogen) atoms. The summed E-state index contributed by atoms with van der Waals surface area (Å²) in [5.41, 5.74) is -3.87. The summed E-state index contributed by atoms with van der Waals surface area (Å²) in [6, 6.07) is 11.7. The summed E-state index contributed by atoms with van der Waals surface area (Å²) in [6.45, 7) is 8.37. The fourth-order valence-electron chi connectivity index (χ4n) is 4.72. The summed E-state index contributed by atoms with van der Waals surface area (Å²) in [5.74, 6) is -8.01. The smallest absolute Gasteiger partial charge is 0.331 e. The molecular weight excluding hydrogens is 716 g/mol. The van der Waals surface area contributed by atoms with Crippen molar-refractivity contribution in [2.75, 3.05) is 11.9 Å². The number of esters is 2. The summed E-state index contributed by atoms with van der Waals surface area (Å²) in [7, 11) is 0. The molecule has 0 unspecified atom stereocenters. The Bertz CT molecular complexity index is 2060. The number of benzene rings is 2. The third-order valence-electron chi connectivity index (χ3n) is 7.43. The second kappa shape index (κ2) is 13.1. The molecule has 0 spiro atoms. The molecule has 0 radical (unpaired) electrons. The fourth-order valence-corrected chi connectivity index (χ4v) is 6.79. The van der Waals surface area contributed by atoms with Crippen LogP contribution in [0.15, 0.2) is 64.3 Å². The van der Waals surface area contributed by atoms with Crippen molar-refractivity contribution in [3.05, 3.63) is 86.9 Å². The van der Waals surface area contributed by atoms with Gasteiger partial charge in [-0.3, -0.25) is 9.59 Å². The molecule has 3 atom stereocenters. The van der Waals surface area contributed by atoms with Crippen molar-refractivity contribution in [3.8, 4) is 5.69 Å². The fraction of sp³-hybridized carbons (Fsp3) is 0.394. The molecule has 2 aromatic heterocycles. The Labute approximate surface area is 283 Å². The maximum Gasteiger partial charge on any atom is 0.331 e. The molecule has 0 saturated carbocycles. The normalized spacial score (nSPS) is 19.1. The van der Waals surface area contributed by atoms with Gasteiger partial charge in [0.25, 0.3) is 0 Å². The van der Waals surface area contributed by atoms with E-state index in [4.69, 9.17) is 14.2 Å². The van der Waals surface area contributed by atoms with E-state index < -0.39 is 91.4 Å². The molecule has 2 aromatic carbocycles. The Morgan fingerprint density at radius 3 is 2.29 bits per heavy atom. The van der Waals surface area contributed by atoms with Gasteiger partial charge in [0.15, 0.2) is 6.10 Å². The van der Waals surface area contributed by atoms with Crippen molar-refractivity contribution in [1.82, 2.24) is 13.1 Å². The molecule has 1 aliphatic heterocycles. The molecule has 1 saturated heterocycles. The standard InChI is InChI=1S/C33H33F3N4O8Se/c1-31(2,3)28(43)46-16-21-24(48-29(44)32(4,5)6)33(35,36)27(47-21)39-14-13-23(38-30(39)45)37-25(41)18-12-11-17(15-20(18)34)40-26(42)19-9-7-8-10-22(19)49-40/h7-15,21,24,27H,16H2,1-6H3,(H,37,38,41,45)/t21-,24-,27-/m0/s1. The number of nitrogens with one attached hydrogen (secondary N) is 1. The molecular formula is C33H33F3N4O8Se. The van der Waals surface area contributed by atoms with Gasteiger partial charge in [-0.25, -0.2) is 0 Å². The van der Waals surface area contributed by atoms with Crippen molar-refractivity contribution >= 4 is 48.0 Å². The Balaban J connectivity index is 1.36. The van der Waals surface area contributed by atoms with Gasteiger partial charge in [0.2, 0.25) is 0 Å². The number of amides is 1. The maximum absolute atomic E-state index is 15.9. The first kappa shape index (κ1) is 35.8. The van der Waals surface area contributed by atoms with E-state index >= 15 is 13.2 Å². The van der Waals surface area contributed by atoms with E-state index in [1.807, 2.05) is 6.07 Å². The van der Waals surface area contributed by atoms with E-state index in [9.17, 15) is 24.0 Å². The van der Waals surface area contributed by atoms with Gasteiger partial charge in [0.1, 0.15) is 12.7 Å². The van der Waals surface area contributed by atoms with Crippen LogP contribution in [0.25, 0.3) is 15.3 Å². The van der Waals surface area contributed by atoms with E-state index in [0.29, 0.717) is 9.95 Å². The number of fused-ring (bicyclic) bond motifs is 1. The largest absolute Gasteiger partial charge is 0.452 e. The van der Waals surface area contributed by atoms with Crippen LogP contribution in [0.3, 0.4) is 0 Å². The van der Waals surface area contributed by atoms with Crippen molar-refractivity contribution in [2.24, 2.45) is 10.8 Å². The van der Waals surface area contributed by atoms with Gasteiger partial charge in [0, 0.05) is 0 Å². The number of halogens is 3. The quantitative estimate of drug-likeness (QED) is 0.218. The van der Waals surface area contributed by atoms with E-state index in [2.05, 4.69) is 10.3 Å². The Morgan fingerprint density at radius 2 is 1.67 bits per heavy atom. The number of carbonyl (C=O) groups is 3. The summed E-state index contributed by atoms with van der Waals surface area (Å²) < 4.78 is 65.3. The van der Waals surface area contributed by atoms with E-state index in [0.717, 1.165) is 22.6 Å². The van der Waals surface area contributed by atoms with Crippen molar-refractivity contribution in [1.29, 1.82) is 0 Å². The number of alkyl halides is 2. The van der Waals surface area contributed by atoms with Crippen LogP contribution in [-0.2, 0) is 23.8 Å². The summed E-state index contributed by atoms with van der Waals surface area (Å²) >= 11 is -0.428. The zero-order valence-electron chi connectivity index (χ0n) is 27.3. The van der Waals surface area contributed by atoms with Gasteiger partial charge in [-0.05, 0) is 41.5 Å². The molecule has 12 nitrogen and oxygen atoms in total. The van der Waals surface area contributed by atoms with Crippen LogP contribution in [0.5, 0.6) is 0 Å². The molecule has 3 heterocycles. The molecule has 0 aliphatic carbocycles. The van der Waals surface area contributed by atoms with Crippen LogP contribution in [-0.4, -0.2) is 70.4 Å². The van der Waals surface area contributed by atoms with Crippen LogP contribution in [0.4, 0.5) is 19.0 Å². The molecule has 1 aliphatic rings. The summed E-state index contributed by atoms with van der Waals surface area (Å²) in [6.07, 6.45) is -5.34. The number of hydrogen-bond acceptors (Lipinski definition) is 9. The van der Waals surface area contributed by atoms with Crippen molar-refractivity contribution < 1.29 is 41.8 Å². The third-order valence-corrected chi connectivity index (χ3v) is 9.77. The predicted molar refractivity (Wildman–Crippen MR) is 171 cm³/mol. The number of carbonyl (C=O) groups excluding carboxylic acids is 3. The van der Waals surface area contributed by atoms with E-state index in [1.165, 1.54) is 36.5 Å². The minimum absolute atomic E-state index is 0.256. The van der Waals surface area contributed by atoms with Gasteiger partial charge in [-0.15, -0.1) is 0 Å². The molecule has 0 bridgehead atoms. The minimum Gasteiger partial charge on any atom is -0.452 e. The number of ether oxygens (including phenoxy) is 3. The molecule has 260 valence electrons. The topological polar surface area (TPSA) is 148 Å². The molecule has 4 aromatic rings. The predicted octanol–water partition coefficient (Wildman–Crippen LogP) is 4.08. The number of aromatic nitrogens is 3. The number of anilines is 1. The first-order valence-corrected chi connectivity index (χ1v) is 16.6. The monoisotopic (exact) mass is 750 g/mol. The first-order valence-electron chi connectivity index (χ1n) is 15.0. The Morgan fingerprint density at radius 1 is 1.00 bits per heavy atom. The van der Waals surface area contributed by atoms with Crippen molar-refractivity contribution in [3.63, 3.8) is 0 Å². The molecule has 1 amide bonds. The number of rotatable bonds is 7. The zero-order chi connectivity index (χ0) is 36.1. The Hall–Kier alpha value is -4.53. The molecule has 5 rings (SSSR count). The number of nitrogens with zero attached hydrogens (tertiary/aromatic N) is 3. The number of hydrogen-bond donors (Lipinski definition) is 1. The van der Waals surface area contributed by atoms with Gasteiger partial charge < -0.3 is 14.2 Å². The van der Waals surface area contributed by atoms with Gasteiger partial charge in [-0.2, -0.15) is 8.78 Å². The third kappa shape index (κ3) is 7.26. The SMILES string of the molecule is CC(C)(C)C(=O)OC[C@@H]1O[C@H](n2ccc(NC(=O)c3ccc(-n4[se]c5ccccc5c4=O)cc3F)nc2=O)C(F)(F)[C@H]1OC(=O)C(C)(C)C. The average Bonchev–Trinajstić information content (AvgIpc) is 3.47. The molecule has 1 fully saturated rings. The summed E-state index contributed by atoms with van der Waals surface area (Å²) in [4.78, 5) is 67.3. The second-order valence-electron chi connectivity index (χ2n) is 13.4. The van der Waals surface area contributed by atoms with Crippen LogP contribution in [0.1, 0.15) is 58.1 Å². The Kier molecular flexibility index (Phi) is 9.54. The van der Waals surface area contributed by atoms with Crippen LogP contribution in [0.2, 0.25) is 0 Å². The van der Waals surface area contributed by atoms with Gasteiger partial charge in [-0.1, -0.05) is 0 Å². The van der Waals surface area contributed by atoms with Crippen molar-refractivity contribution in [2.45, 2.75) is 65.9 Å². The van der Waals surface area contributed by atoms with Crippen LogP contribution < -0.4 is 16.6 Å². The molecule has 1 N–H and O–H groups in total. The molecule has 16 heteroatoms. The van der Waals surface area contributed by atoms with E-state index in [1.54, 1.807) is 39.0 Å². The first-order chi connectivity index (χ1) is 22.8. The zero-order valence-corrected chi connectivity index (χ0v) is 29.0. The summed E-state index contributed by atoms with van der Waals surface area (Å²) in [5, 5.41) is 2.78. The van der Waals surface area contributed by atoms with Crippen LogP contribution in [0, 0.1) is 16.6 Å². The van der Waals surface area contributed by atoms with Crippen LogP contribution >= 0.6 is 0 Å². The second-order valence-corrected chi connectivity index (χ2v) is 15.5. The maximum atomic E-state index is 15.9. The minimum atomic E-state index is -4.00. The average molecular weight is 750 g/mol. The van der Waals surface area contributed by atoms with Gasteiger partial charge >= 0.3 is 180 Å². The van der Waals surface area contributed by atoms with Gasteiger partial charge in [0.05, 0.1) is 10.8 Å².